The number of hydrogen-bond donors (Lipinski definition) is 1. The van der Waals surface area contributed by atoms with E-state index in [1.54, 1.807) is 6.20 Å². The summed E-state index contributed by atoms with van der Waals surface area (Å²) in [7, 11) is 3.58. The molecule has 0 bridgehead atoms. The topological polar surface area (TPSA) is 57.7 Å². The van der Waals surface area contributed by atoms with E-state index in [-0.39, 0.29) is 16.0 Å². The number of benzene rings is 1. The number of likely N-dealkylation sites (N-methyl/N-ethyl adjacent to an activating group) is 1. The van der Waals surface area contributed by atoms with Gasteiger partial charge < -0.3 is 19.9 Å². The number of rotatable bonds is 4. The number of hydrogen-bond acceptors (Lipinski definition) is 5. The predicted octanol–water partition coefficient (Wildman–Crippen LogP) is 3.40. The number of pyridine rings is 1. The highest BCUT2D eigenvalue weighted by atomic mass is 35.5. The second kappa shape index (κ2) is 8.12. The number of carbonyl (C=O) groups excluding carboxylic acids is 1. The number of ether oxygens (including phenoxy) is 1. The molecule has 1 fully saturated rings. The van der Waals surface area contributed by atoms with Crippen LogP contribution in [0.5, 0.6) is 5.75 Å². The average Bonchev–Trinajstić information content (AvgIpc) is 2.63. The number of aromatic nitrogens is 1. The highest BCUT2D eigenvalue weighted by molar-refractivity contribution is 6.37. The average molecular weight is 395 g/mol. The van der Waals surface area contributed by atoms with E-state index in [4.69, 9.17) is 27.9 Å². The van der Waals surface area contributed by atoms with Crippen molar-refractivity contribution < 1.29 is 9.53 Å². The maximum Gasteiger partial charge on any atom is 0.255 e. The first-order valence-electron chi connectivity index (χ1n) is 8.22. The second-order valence-corrected chi connectivity index (χ2v) is 6.94. The van der Waals surface area contributed by atoms with Crippen molar-refractivity contribution in [3.05, 3.63) is 46.1 Å². The van der Waals surface area contributed by atoms with Crippen LogP contribution in [-0.2, 0) is 0 Å². The van der Waals surface area contributed by atoms with Crippen molar-refractivity contribution in [3.8, 4) is 5.75 Å². The minimum Gasteiger partial charge on any atom is -0.494 e. The summed E-state index contributed by atoms with van der Waals surface area (Å²) in [6, 6.07) is 6.79. The summed E-state index contributed by atoms with van der Waals surface area (Å²) in [5.74, 6) is 0.945. The van der Waals surface area contributed by atoms with Crippen molar-refractivity contribution in [1.82, 2.24) is 9.88 Å². The van der Waals surface area contributed by atoms with E-state index >= 15 is 0 Å². The molecular formula is C18H20Cl2N4O2. The van der Waals surface area contributed by atoms with E-state index < -0.39 is 0 Å². The summed E-state index contributed by atoms with van der Waals surface area (Å²) in [5, 5.41) is 3.37. The number of methoxy groups -OCH3 is 1. The molecule has 0 radical (unpaired) electrons. The molecule has 1 aromatic heterocycles. The Kier molecular flexibility index (Phi) is 5.86. The third kappa shape index (κ3) is 4.20. The minimum absolute atomic E-state index is 0.286. The number of nitrogens with one attached hydrogen (secondary N) is 1. The molecule has 0 aliphatic carbocycles. The molecule has 1 aliphatic heterocycles. The molecule has 1 amide bonds. The van der Waals surface area contributed by atoms with Crippen LogP contribution in [0, 0.1) is 0 Å². The van der Waals surface area contributed by atoms with Crippen LogP contribution in [0.15, 0.2) is 30.5 Å². The summed E-state index contributed by atoms with van der Waals surface area (Å²) >= 11 is 12.2. The summed E-state index contributed by atoms with van der Waals surface area (Å²) in [4.78, 5) is 21.4. The fraction of sp³-hybridized carbons (Fsp3) is 0.333. The van der Waals surface area contributed by atoms with Crippen LogP contribution >= 0.6 is 23.2 Å². The lowest BCUT2D eigenvalue weighted by Crippen LogP contribution is -2.44. The van der Waals surface area contributed by atoms with Crippen LogP contribution in [-0.4, -0.2) is 56.1 Å². The van der Waals surface area contributed by atoms with Crippen molar-refractivity contribution in [1.29, 1.82) is 0 Å². The van der Waals surface area contributed by atoms with E-state index in [1.165, 1.54) is 19.2 Å². The zero-order chi connectivity index (χ0) is 18.7. The van der Waals surface area contributed by atoms with Crippen molar-refractivity contribution >= 4 is 40.6 Å². The lowest BCUT2D eigenvalue weighted by Gasteiger charge is -2.33. The van der Waals surface area contributed by atoms with Gasteiger partial charge in [-0.25, -0.2) is 4.98 Å². The molecule has 8 heteroatoms. The van der Waals surface area contributed by atoms with Gasteiger partial charge in [-0.3, -0.25) is 4.79 Å². The van der Waals surface area contributed by atoms with Gasteiger partial charge >= 0.3 is 0 Å². The Morgan fingerprint density at radius 3 is 2.35 bits per heavy atom. The Morgan fingerprint density at radius 2 is 1.81 bits per heavy atom. The lowest BCUT2D eigenvalue weighted by atomic mass is 10.2. The molecule has 1 aromatic carbocycles. The summed E-state index contributed by atoms with van der Waals surface area (Å²) in [6.07, 6.45) is 1.65. The first-order valence-corrected chi connectivity index (χ1v) is 8.97. The Balaban J connectivity index is 1.68. The fourth-order valence-electron chi connectivity index (χ4n) is 2.77. The molecule has 0 spiro atoms. The van der Waals surface area contributed by atoms with Crippen molar-refractivity contribution in [2.45, 2.75) is 0 Å². The number of anilines is 2. The van der Waals surface area contributed by atoms with Gasteiger partial charge in [0.15, 0.2) is 5.75 Å². The number of nitrogens with zero attached hydrogens (tertiary/aromatic N) is 3. The summed E-state index contributed by atoms with van der Waals surface area (Å²) in [6.45, 7) is 3.91. The molecule has 2 aromatic rings. The Hall–Kier alpha value is -2.02. The van der Waals surface area contributed by atoms with Gasteiger partial charge in [0.25, 0.3) is 5.91 Å². The zero-order valence-electron chi connectivity index (χ0n) is 14.6. The smallest absolute Gasteiger partial charge is 0.255 e. The summed E-state index contributed by atoms with van der Waals surface area (Å²) < 4.78 is 5.09. The molecule has 2 heterocycles. The molecule has 1 N–H and O–H groups in total. The minimum atomic E-state index is -0.314. The van der Waals surface area contributed by atoms with Crippen LogP contribution in [0.4, 0.5) is 11.5 Å². The van der Waals surface area contributed by atoms with E-state index in [0.717, 1.165) is 32.0 Å². The van der Waals surface area contributed by atoms with Crippen LogP contribution in [0.25, 0.3) is 0 Å². The third-order valence-electron chi connectivity index (χ3n) is 4.30. The van der Waals surface area contributed by atoms with Crippen LogP contribution in [0.2, 0.25) is 10.0 Å². The highest BCUT2D eigenvalue weighted by Gasteiger charge is 2.16. The quantitative estimate of drug-likeness (QED) is 0.860. The van der Waals surface area contributed by atoms with Gasteiger partial charge in [-0.2, -0.15) is 0 Å². The first-order chi connectivity index (χ1) is 12.5. The predicted molar refractivity (Wildman–Crippen MR) is 105 cm³/mol. The van der Waals surface area contributed by atoms with Gasteiger partial charge in [0.2, 0.25) is 0 Å². The highest BCUT2D eigenvalue weighted by Crippen LogP contribution is 2.34. The van der Waals surface area contributed by atoms with E-state index in [9.17, 15) is 4.79 Å². The monoisotopic (exact) mass is 394 g/mol. The lowest BCUT2D eigenvalue weighted by molar-refractivity contribution is 0.102. The van der Waals surface area contributed by atoms with Gasteiger partial charge in [-0.15, -0.1) is 0 Å². The molecule has 3 rings (SSSR count). The molecule has 1 aliphatic rings. The fourth-order valence-corrected chi connectivity index (χ4v) is 3.41. The van der Waals surface area contributed by atoms with Crippen LogP contribution < -0.4 is 15.0 Å². The van der Waals surface area contributed by atoms with Gasteiger partial charge in [0.1, 0.15) is 5.82 Å². The van der Waals surface area contributed by atoms with Crippen molar-refractivity contribution in [2.75, 3.05) is 50.6 Å². The van der Waals surface area contributed by atoms with Crippen LogP contribution in [0.1, 0.15) is 10.4 Å². The number of halogens is 2. The molecule has 0 saturated carbocycles. The van der Waals surface area contributed by atoms with Gasteiger partial charge in [-0.05, 0) is 31.3 Å². The maximum absolute atomic E-state index is 12.4. The number of amides is 1. The Morgan fingerprint density at radius 1 is 1.15 bits per heavy atom. The molecule has 26 heavy (non-hydrogen) atoms. The van der Waals surface area contributed by atoms with E-state index in [2.05, 4.69) is 27.1 Å². The Labute approximate surface area is 162 Å². The third-order valence-corrected chi connectivity index (χ3v) is 4.86. The molecule has 138 valence electrons. The molecule has 0 unspecified atom stereocenters. The SMILES string of the molecule is COc1c(Cl)cc(C(=O)Nc2ccc(N3CCN(C)CC3)nc2)cc1Cl. The van der Waals surface area contributed by atoms with Gasteiger partial charge in [-0.1, -0.05) is 23.2 Å². The van der Waals surface area contributed by atoms with Gasteiger partial charge in [0.05, 0.1) is 29.0 Å². The Bertz CT molecular complexity index is 767. The normalized spacial score (nSPS) is 15.0. The zero-order valence-corrected chi connectivity index (χ0v) is 16.1. The molecule has 0 atom stereocenters. The van der Waals surface area contributed by atoms with E-state index in [1.807, 2.05) is 12.1 Å². The molecular weight excluding hydrogens is 375 g/mol. The van der Waals surface area contributed by atoms with Crippen molar-refractivity contribution in [3.63, 3.8) is 0 Å². The first kappa shape index (κ1) is 18.8. The largest absolute Gasteiger partial charge is 0.494 e. The maximum atomic E-state index is 12.4. The van der Waals surface area contributed by atoms with E-state index in [0.29, 0.717) is 17.0 Å². The standard InChI is InChI=1S/C18H20Cl2N4O2/c1-23-5-7-24(8-6-23)16-4-3-13(11-21-16)22-18(25)12-9-14(19)17(26-2)15(20)10-12/h3-4,9-11H,5-8H2,1-2H3,(H,22,25). The molecule has 1 saturated heterocycles. The number of carbonyl (C=O) groups is 1. The molecule has 6 nitrogen and oxygen atoms in total. The van der Waals surface area contributed by atoms with Crippen molar-refractivity contribution in [2.24, 2.45) is 0 Å². The van der Waals surface area contributed by atoms with Gasteiger partial charge in [0, 0.05) is 31.7 Å². The summed E-state index contributed by atoms with van der Waals surface area (Å²) in [5.41, 5.74) is 0.958. The number of piperazine rings is 1. The van der Waals surface area contributed by atoms with Crippen LogP contribution in [0.3, 0.4) is 0 Å². The second-order valence-electron chi connectivity index (χ2n) is 6.12.